The molecule has 1 aromatic rings. The van der Waals surface area contributed by atoms with Crippen molar-refractivity contribution in [1.29, 1.82) is 0 Å². The van der Waals surface area contributed by atoms with Crippen molar-refractivity contribution in [3.63, 3.8) is 0 Å². The minimum absolute atomic E-state index is 0.195. The van der Waals surface area contributed by atoms with Crippen molar-refractivity contribution in [2.75, 3.05) is 13.2 Å². The second-order valence-corrected chi connectivity index (χ2v) is 3.98. The van der Waals surface area contributed by atoms with Gasteiger partial charge in [0.1, 0.15) is 18.9 Å². The van der Waals surface area contributed by atoms with E-state index in [1.54, 1.807) is 0 Å². The molecule has 2 atom stereocenters. The molecule has 0 aromatic carbocycles. The number of rotatable bonds is 7. The van der Waals surface area contributed by atoms with E-state index >= 15 is 0 Å². The number of aromatic nitrogens is 2. The van der Waals surface area contributed by atoms with Crippen LogP contribution in [0.1, 0.15) is 13.3 Å². The largest absolute Gasteiger partial charge is 0.473 e. The fourth-order valence-electron chi connectivity index (χ4n) is 1.05. The summed E-state index contributed by atoms with van der Waals surface area (Å²) < 4.78 is 12.9. The Morgan fingerprint density at radius 2 is 2.56 bits per heavy atom. The van der Waals surface area contributed by atoms with Crippen molar-refractivity contribution in [2.45, 2.75) is 25.5 Å². The van der Waals surface area contributed by atoms with E-state index in [1.807, 2.05) is 6.92 Å². The van der Waals surface area contributed by atoms with Crippen LogP contribution >= 0.6 is 11.7 Å². The molecule has 0 spiro atoms. The van der Waals surface area contributed by atoms with Crippen molar-refractivity contribution in [2.24, 2.45) is 0 Å². The van der Waals surface area contributed by atoms with Gasteiger partial charge in [0.15, 0.2) is 0 Å². The molecule has 0 radical (unpaired) electrons. The van der Waals surface area contributed by atoms with Gasteiger partial charge in [0.05, 0.1) is 11.7 Å². The van der Waals surface area contributed by atoms with Gasteiger partial charge in [0.25, 0.3) is 0 Å². The Hall–Kier alpha value is -1.16. The fourth-order valence-corrected chi connectivity index (χ4v) is 1.41. The number of ether oxygens (including phenoxy) is 1. The SMILES string of the molecule is C#CCC(C)NCC(O)COc1cnsn1. The van der Waals surface area contributed by atoms with E-state index in [0.29, 0.717) is 18.8 Å². The zero-order valence-electron chi connectivity index (χ0n) is 9.09. The number of nitrogens with zero attached hydrogens (tertiary/aromatic N) is 2. The van der Waals surface area contributed by atoms with Crippen LogP contribution in [-0.2, 0) is 0 Å². The highest BCUT2D eigenvalue weighted by atomic mass is 32.1. The van der Waals surface area contributed by atoms with Crippen molar-refractivity contribution in [1.82, 2.24) is 14.1 Å². The smallest absolute Gasteiger partial charge is 0.245 e. The highest BCUT2D eigenvalue weighted by Gasteiger charge is 2.08. The summed E-state index contributed by atoms with van der Waals surface area (Å²) in [5.74, 6) is 3.00. The molecule has 0 amide bonds. The summed E-state index contributed by atoms with van der Waals surface area (Å²) >= 11 is 1.07. The number of nitrogens with one attached hydrogen (secondary N) is 1. The average Bonchev–Trinajstić information content (AvgIpc) is 2.77. The van der Waals surface area contributed by atoms with Gasteiger partial charge in [0, 0.05) is 19.0 Å². The van der Waals surface area contributed by atoms with E-state index in [0.717, 1.165) is 11.7 Å². The third kappa shape index (κ3) is 5.07. The van der Waals surface area contributed by atoms with E-state index in [4.69, 9.17) is 11.2 Å². The van der Waals surface area contributed by atoms with Crippen molar-refractivity contribution in [3.8, 4) is 18.2 Å². The third-order valence-corrected chi connectivity index (χ3v) is 2.35. The number of terminal acetylenes is 1. The quantitative estimate of drug-likeness (QED) is 0.671. The van der Waals surface area contributed by atoms with Crippen LogP contribution in [-0.4, -0.2) is 39.2 Å². The molecule has 1 rings (SSSR count). The Kier molecular flexibility index (Phi) is 5.78. The lowest BCUT2D eigenvalue weighted by atomic mass is 10.2. The molecule has 88 valence electrons. The van der Waals surface area contributed by atoms with Crippen LogP contribution in [0.4, 0.5) is 0 Å². The molecule has 1 heterocycles. The molecule has 2 N–H and O–H groups in total. The van der Waals surface area contributed by atoms with Crippen molar-refractivity contribution >= 4 is 11.7 Å². The zero-order valence-corrected chi connectivity index (χ0v) is 9.91. The zero-order chi connectivity index (χ0) is 11.8. The van der Waals surface area contributed by atoms with Crippen LogP contribution in [0.3, 0.4) is 0 Å². The van der Waals surface area contributed by atoms with Crippen molar-refractivity contribution in [3.05, 3.63) is 6.20 Å². The summed E-state index contributed by atoms with van der Waals surface area (Å²) in [6.07, 6.45) is 6.75. The molecule has 0 bridgehead atoms. The average molecular weight is 241 g/mol. The lowest BCUT2D eigenvalue weighted by molar-refractivity contribution is 0.102. The Morgan fingerprint density at radius 1 is 1.75 bits per heavy atom. The highest BCUT2D eigenvalue weighted by Crippen LogP contribution is 2.05. The summed E-state index contributed by atoms with van der Waals surface area (Å²) in [7, 11) is 0. The van der Waals surface area contributed by atoms with Crippen LogP contribution in [0, 0.1) is 12.3 Å². The van der Waals surface area contributed by atoms with E-state index < -0.39 is 6.10 Å². The first-order chi connectivity index (χ1) is 7.72. The van der Waals surface area contributed by atoms with Gasteiger partial charge in [-0.1, -0.05) is 0 Å². The van der Waals surface area contributed by atoms with Gasteiger partial charge in [-0.15, -0.1) is 16.7 Å². The number of aliphatic hydroxyl groups is 1. The van der Waals surface area contributed by atoms with Crippen LogP contribution < -0.4 is 10.1 Å². The van der Waals surface area contributed by atoms with Gasteiger partial charge in [-0.2, -0.15) is 4.37 Å². The van der Waals surface area contributed by atoms with Crippen LogP contribution in [0.5, 0.6) is 5.88 Å². The molecule has 6 heteroatoms. The number of aliphatic hydroxyl groups excluding tert-OH is 1. The summed E-state index contributed by atoms with van der Waals surface area (Å²) in [4.78, 5) is 0. The Bertz CT molecular complexity index is 323. The minimum atomic E-state index is -0.582. The standard InChI is InChI=1S/C10H15N3O2S/c1-3-4-8(2)11-5-9(14)7-15-10-6-12-16-13-10/h1,6,8-9,11,14H,4-5,7H2,2H3. The van der Waals surface area contributed by atoms with Gasteiger partial charge < -0.3 is 15.2 Å². The Balaban J connectivity index is 2.11. The van der Waals surface area contributed by atoms with Crippen LogP contribution in [0.2, 0.25) is 0 Å². The van der Waals surface area contributed by atoms with E-state index in [-0.39, 0.29) is 12.6 Å². The second-order valence-electron chi connectivity index (χ2n) is 3.43. The maximum atomic E-state index is 9.58. The Morgan fingerprint density at radius 3 is 3.19 bits per heavy atom. The number of hydrogen-bond acceptors (Lipinski definition) is 6. The van der Waals surface area contributed by atoms with Crippen LogP contribution in [0.15, 0.2) is 6.20 Å². The van der Waals surface area contributed by atoms with Gasteiger partial charge in [0.2, 0.25) is 5.88 Å². The summed E-state index contributed by atoms with van der Waals surface area (Å²) in [6.45, 7) is 2.61. The van der Waals surface area contributed by atoms with Gasteiger partial charge >= 0.3 is 0 Å². The summed E-state index contributed by atoms with van der Waals surface area (Å²) in [6, 6.07) is 0.195. The maximum Gasteiger partial charge on any atom is 0.245 e. The predicted molar refractivity (Wildman–Crippen MR) is 62.3 cm³/mol. The molecule has 1 aromatic heterocycles. The molecular formula is C10H15N3O2S. The normalized spacial score (nSPS) is 14.1. The monoisotopic (exact) mass is 241 g/mol. The number of hydrogen-bond donors (Lipinski definition) is 2. The molecule has 0 fully saturated rings. The second kappa shape index (κ2) is 7.17. The van der Waals surface area contributed by atoms with Crippen LogP contribution in [0.25, 0.3) is 0 Å². The molecule has 0 aliphatic rings. The highest BCUT2D eigenvalue weighted by molar-refractivity contribution is 6.99. The molecule has 0 saturated heterocycles. The first-order valence-corrected chi connectivity index (χ1v) is 5.70. The fraction of sp³-hybridized carbons (Fsp3) is 0.600. The summed E-state index contributed by atoms with van der Waals surface area (Å²) in [5, 5.41) is 12.7. The molecule has 16 heavy (non-hydrogen) atoms. The molecule has 0 aliphatic heterocycles. The molecular weight excluding hydrogens is 226 g/mol. The topological polar surface area (TPSA) is 67.3 Å². The van der Waals surface area contributed by atoms with Gasteiger partial charge in [-0.05, 0) is 6.92 Å². The van der Waals surface area contributed by atoms with Gasteiger partial charge in [-0.3, -0.25) is 0 Å². The first-order valence-electron chi connectivity index (χ1n) is 4.97. The Labute approximate surface area is 99.2 Å². The minimum Gasteiger partial charge on any atom is -0.473 e. The molecule has 0 saturated carbocycles. The maximum absolute atomic E-state index is 9.58. The molecule has 5 nitrogen and oxygen atoms in total. The van der Waals surface area contributed by atoms with E-state index in [9.17, 15) is 5.11 Å². The third-order valence-electron chi connectivity index (χ3n) is 1.89. The van der Waals surface area contributed by atoms with E-state index in [2.05, 4.69) is 20.0 Å². The van der Waals surface area contributed by atoms with Crippen molar-refractivity contribution < 1.29 is 9.84 Å². The lowest BCUT2D eigenvalue weighted by Gasteiger charge is -2.15. The van der Waals surface area contributed by atoms with Gasteiger partial charge in [-0.25, -0.2) is 0 Å². The predicted octanol–water partition coefficient (Wildman–Crippen LogP) is 0.279. The molecule has 0 aliphatic carbocycles. The first kappa shape index (κ1) is 12.9. The lowest BCUT2D eigenvalue weighted by Crippen LogP contribution is -2.36. The summed E-state index contributed by atoms with van der Waals surface area (Å²) in [5.41, 5.74) is 0. The van der Waals surface area contributed by atoms with E-state index in [1.165, 1.54) is 6.20 Å². The molecule has 2 unspecified atom stereocenters.